The highest BCUT2D eigenvalue weighted by Gasteiger charge is 2.29. The van der Waals surface area contributed by atoms with Crippen LogP contribution in [0.1, 0.15) is 114 Å². The lowest BCUT2D eigenvalue weighted by molar-refractivity contribution is -0.119. The molecule has 4 aliphatic heterocycles. The number of anilines is 2. The average molecular weight is 737 g/mol. The van der Waals surface area contributed by atoms with Gasteiger partial charge < -0.3 is 24.3 Å². The number of ether oxygens (including phenoxy) is 1. The summed E-state index contributed by atoms with van der Waals surface area (Å²) in [6.07, 6.45) is 13.6. The van der Waals surface area contributed by atoms with E-state index < -0.39 is 0 Å². The standard InChI is InChI=1S/C23H35FN2O.C21H31FN2O2/c1-4-5-6-19-9-11-25(12-10-19)15-17(2)16-26-22-13-18(3)21(24)14-20(22)7-8-23(26)27;1-3-13-26-18-7-11-23(12-8-18)9-4-10-24-20-14-16(2)19(22)15-17(20)5-6-21(24)25/h13-14,17,19H,4-12,15-16H2,1-3H3;14-15,18H,3-13H2,1-2H3. The van der Waals surface area contributed by atoms with Crippen LogP contribution in [0.4, 0.5) is 20.2 Å². The van der Waals surface area contributed by atoms with Crippen molar-refractivity contribution in [1.82, 2.24) is 9.80 Å². The molecule has 294 valence electrons. The molecule has 0 spiro atoms. The number of hydrogen-bond acceptors (Lipinski definition) is 5. The molecule has 0 aliphatic carbocycles. The van der Waals surface area contributed by atoms with Gasteiger partial charge in [0, 0.05) is 63.5 Å². The zero-order valence-corrected chi connectivity index (χ0v) is 33.4. The molecule has 9 heteroatoms. The summed E-state index contributed by atoms with van der Waals surface area (Å²) in [5.41, 5.74) is 5.00. The molecule has 2 amide bonds. The Bertz CT molecular complexity index is 1500. The molecule has 2 aromatic carbocycles. The molecule has 7 nitrogen and oxygen atoms in total. The van der Waals surface area contributed by atoms with Crippen molar-refractivity contribution in [2.75, 3.05) is 68.8 Å². The van der Waals surface area contributed by atoms with Crippen LogP contribution in [0.5, 0.6) is 0 Å². The third-order valence-electron chi connectivity index (χ3n) is 11.8. The summed E-state index contributed by atoms with van der Waals surface area (Å²) in [4.78, 5) is 33.7. The summed E-state index contributed by atoms with van der Waals surface area (Å²) >= 11 is 0. The highest BCUT2D eigenvalue weighted by Crippen LogP contribution is 2.32. The molecule has 2 fully saturated rings. The zero-order valence-electron chi connectivity index (χ0n) is 33.4. The van der Waals surface area contributed by atoms with Gasteiger partial charge in [0.2, 0.25) is 11.8 Å². The van der Waals surface area contributed by atoms with E-state index in [2.05, 4.69) is 30.6 Å². The lowest BCUT2D eigenvalue weighted by Crippen LogP contribution is -2.43. The van der Waals surface area contributed by atoms with Crippen molar-refractivity contribution >= 4 is 23.2 Å². The third-order valence-corrected chi connectivity index (χ3v) is 11.8. The largest absolute Gasteiger partial charge is 0.378 e. The van der Waals surface area contributed by atoms with Crippen LogP contribution in [-0.2, 0) is 27.2 Å². The zero-order chi connectivity index (χ0) is 37.9. The number of halogens is 2. The molecule has 0 aromatic heterocycles. The number of fused-ring (bicyclic) bond motifs is 2. The molecule has 4 aliphatic rings. The van der Waals surface area contributed by atoms with E-state index in [0.717, 1.165) is 93.4 Å². The summed E-state index contributed by atoms with van der Waals surface area (Å²) in [5.74, 6) is 1.32. The summed E-state index contributed by atoms with van der Waals surface area (Å²) in [6, 6.07) is 6.91. The van der Waals surface area contributed by atoms with Crippen LogP contribution in [-0.4, -0.2) is 86.7 Å². The van der Waals surface area contributed by atoms with Crippen LogP contribution in [0, 0.1) is 37.3 Å². The number of likely N-dealkylation sites (tertiary alicyclic amines) is 2. The highest BCUT2D eigenvalue weighted by atomic mass is 19.1. The smallest absolute Gasteiger partial charge is 0.227 e. The van der Waals surface area contributed by atoms with E-state index in [4.69, 9.17) is 4.74 Å². The molecular formula is C44H66F2N4O3. The van der Waals surface area contributed by atoms with Crippen molar-refractivity contribution in [2.24, 2.45) is 11.8 Å². The van der Waals surface area contributed by atoms with Crippen molar-refractivity contribution in [3.05, 3.63) is 58.2 Å². The van der Waals surface area contributed by atoms with Crippen molar-refractivity contribution in [3.8, 4) is 0 Å². The molecule has 2 saturated heterocycles. The second-order valence-electron chi connectivity index (χ2n) is 16.3. The number of rotatable bonds is 14. The van der Waals surface area contributed by atoms with Crippen LogP contribution < -0.4 is 9.80 Å². The van der Waals surface area contributed by atoms with Gasteiger partial charge in [0.1, 0.15) is 11.6 Å². The van der Waals surface area contributed by atoms with E-state index in [9.17, 15) is 18.4 Å². The Morgan fingerprint density at radius 2 is 1.26 bits per heavy atom. The second kappa shape index (κ2) is 20.2. The number of piperidine rings is 2. The van der Waals surface area contributed by atoms with Crippen molar-refractivity contribution in [2.45, 2.75) is 124 Å². The number of carbonyl (C=O) groups excluding carboxylic acids is 2. The highest BCUT2D eigenvalue weighted by molar-refractivity contribution is 5.97. The predicted octanol–water partition coefficient (Wildman–Crippen LogP) is 8.65. The first-order chi connectivity index (χ1) is 25.6. The van der Waals surface area contributed by atoms with Crippen molar-refractivity contribution in [1.29, 1.82) is 0 Å². The first-order valence-corrected chi connectivity index (χ1v) is 20.8. The lowest BCUT2D eigenvalue weighted by Gasteiger charge is -2.36. The summed E-state index contributed by atoms with van der Waals surface area (Å²) in [7, 11) is 0. The maximum Gasteiger partial charge on any atom is 0.227 e. The monoisotopic (exact) mass is 737 g/mol. The molecule has 0 saturated carbocycles. The fourth-order valence-electron chi connectivity index (χ4n) is 8.58. The number of carbonyl (C=O) groups is 2. The third kappa shape index (κ3) is 11.6. The van der Waals surface area contributed by atoms with Gasteiger partial charge in [-0.3, -0.25) is 9.59 Å². The minimum absolute atomic E-state index is 0.162. The summed E-state index contributed by atoms with van der Waals surface area (Å²) in [5, 5.41) is 0. The predicted molar refractivity (Wildman–Crippen MR) is 212 cm³/mol. The number of aryl methyl sites for hydroxylation is 4. The maximum atomic E-state index is 13.9. The Labute approximate surface area is 318 Å². The van der Waals surface area contributed by atoms with E-state index in [1.54, 1.807) is 26.0 Å². The molecule has 6 rings (SSSR count). The molecule has 2 aromatic rings. The Balaban J connectivity index is 0.000000204. The van der Waals surface area contributed by atoms with Gasteiger partial charge in [-0.25, -0.2) is 8.78 Å². The molecule has 1 unspecified atom stereocenters. The lowest BCUT2D eigenvalue weighted by atomic mass is 9.91. The van der Waals surface area contributed by atoms with Crippen LogP contribution in [0.15, 0.2) is 24.3 Å². The van der Waals surface area contributed by atoms with Gasteiger partial charge in [-0.05, 0) is 143 Å². The SMILES string of the molecule is CCCCC1CCN(CC(C)CN2C(=O)CCc3cc(F)c(C)cc32)CC1.CCCOC1CCN(CCCN2C(=O)CCc3cc(F)c(C)cc32)CC1. The van der Waals surface area contributed by atoms with E-state index >= 15 is 0 Å². The molecule has 0 N–H and O–H groups in total. The quantitative estimate of drug-likeness (QED) is 0.195. The maximum absolute atomic E-state index is 13.9. The van der Waals surface area contributed by atoms with Gasteiger partial charge >= 0.3 is 0 Å². The molecule has 0 radical (unpaired) electrons. The molecular weight excluding hydrogens is 671 g/mol. The molecule has 0 bridgehead atoms. The number of hydrogen-bond donors (Lipinski definition) is 0. The van der Waals surface area contributed by atoms with Crippen LogP contribution >= 0.6 is 0 Å². The second-order valence-corrected chi connectivity index (χ2v) is 16.3. The van der Waals surface area contributed by atoms with E-state index in [1.807, 2.05) is 21.9 Å². The Kier molecular flexibility index (Phi) is 15.7. The minimum Gasteiger partial charge on any atom is -0.378 e. The Hall–Kier alpha value is -2.88. The van der Waals surface area contributed by atoms with E-state index in [0.29, 0.717) is 55.4 Å². The minimum atomic E-state index is -0.175. The van der Waals surface area contributed by atoms with Gasteiger partial charge in [-0.15, -0.1) is 0 Å². The fraction of sp³-hybridized carbons (Fsp3) is 0.682. The topological polar surface area (TPSA) is 56.3 Å². The molecule has 4 heterocycles. The molecule has 53 heavy (non-hydrogen) atoms. The van der Waals surface area contributed by atoms with Gasteiger partial charge in [0.15, 0.2) is 0 Å². The Morgan fingerprint density at radius 3 is 1.85 bits per heavy atom. The summed E-state index contributed by atoms with van der Waals surface area (Å²) in [6.45, 7) is 19.1. The van der Waals surface area contributed by atoms with Gasteiger partial charge in [-0.2, -0.15) is 0 Å². The van der Waals surface area contributed by atoms with Crippen LogP contribution in [0.25, 0.3) is 0 Å². The first kappa shape index (κ1) is 41.3. The van der Waals surface area contributed by atoms with Crippen molar-refractivity contribution < 1.29 is 23.1 Å². The van der Waals surface area contributed by atoms with E-state index in [-0.39, 0.29) is 23.4 Å². The molecule has 1 atom stereocenters. The van der Waals surface area contributed by atoms with Gasteiger partial charge in [-0.1, -0.05) is 40.0 Å². The normalized spacial score (nSPS) is 19.5. The Morgan fingerprint density at radius 1 is 0.698 bits per heavy atom. The van der Waals surface area contributed by atoms with Crippen LogP contribution in [0.3, 0.4) is 0 Å². The number of nitrogens with zero attached hydrogens (tertiary/aromatic N) is 4. The fourth-order valence-corrected chi connectivity index (χ4v) is 8.58. The average Bonchev–Trinajstić information content (AvgIpc) is 3.15. The van der Waals surface area contributed by atoms with Gasteiger partial charge in [0.05, 0.1) is 6.10 Å². The van der Waals surface area contributed by atoms with Crippen molar-refractivity contribution in [3.63, 3.8) is 0 Å². The summed E-state index contributed by atoms with van der Waals surface area (Å²) < 4.78 is 33.6. The van der Waals surface area contributed by atoms with Gasteiger partial charge in [0.25, 0.3) is 0 Å². The van der Waals surface area contributed by atoms with E-state index in [1.165, 1.54) is 45.2 Å². The number of amides is 2. The number of unbranched alkanes of at least 4 members (excludes halogenated alkanes) is 1. The first-order valence-electron chi connectivity index (χ1n) is 20.8. The number of benzene rings is 2. The van der Waals surface area contributed by atoms with Crippen LogP contribution in [0.2, 0.25) is 0 Å².